The van der Waals surface area contributed by atoms with Crippen LogP contribution in [-0.2, 0) is 19.1 Å². The molecular weight excluding hydrogens is 380 g/mol. The number of allylic oxidation sites excluding steroid dienone is 3. The summed E-state index contributed by atoms with van der Waals surface area (Å²) >= 11 is 0. The Morgan fingerprint density at radius 1 is 1.28 bits per heavy atom. The van der Waals surface area contributed by atoms with Crippen molar-refractivity contribution in [3.63, 3.8) is 0 Å². The van der Waals surface area contributed by atoms with E-state index in [0.29, 0.717) is 17.9 Å². The third-order valence-electron chi connectivity index (χ3n) is 6.88. The van der Waals surface area contributed by atoms with Crippen molar-refractivity contribution in [2.75, 3.05) is 6.61 Å². The molecule has 162 valence electrons. The molecule has 4 N–H and O–H groups in total. The molecule has 3 rings (SSSR count). The summed E-state index contributed by atoms with van der Waals surface area (Å²) < 4.78 is 10.4. The first-order chi connectivity index (χ1) is 13.6. The van der Waals surface area contributed by atoms with E-state index in [2.05, 4.69) is 13.8 Å². The molecule has 29 heavy (non-hydrogen) atoms. The molecule has 1 aliphatic heterocycles. The second-order valence-corrected chi connectivity index (χ2v) is 8.63. The van der Waals surface area contributed by atoms with Crippen LogP contribution in [0.4, 0.5) is 0 Å². The van der Waals surface area contributed by atoms with E-state index in [1.807, 2.05) is 0 Å². The number of fused-ring (bicyclic) bond motifs is 1. The second-order valence-electron chi connectivity index (χ2n) is 8.63. The molecule has 0 bridgehead atoms. The minimum absolute atomic E-state index is 0.126. The summed E-state index contributed by atoms with van der Waals surface area (Å²) in [5.41, 5.74) is 1.44. The first kappa shape index (κ1) is 22.1. The van der Waals surface area contributed by atoms with Crippen molar-refractivity contribution in [2.24, 2.45) is 11.3 Å². The Balaban J connectivity index is 1.81. The molecule has 7 atom stereocenters. The molecule has 1 heterocycles. The molecule has 1 saturated carbocycles. The molecule has 2 fully saturated rings. The van der Waals surface area contributed by atoms with Crippen molar-refractivity contribution in [1.29, 1.82) is 0 Å². The van der Waals surface area contributed by atoms with Gasteiger partial charge < -0.3 is 29.9 Å². The van der Waals surface area contributed by atoms with Gasteiger partial charge in [0.05, 0.1) is 6.61 Å². The predicted molar refractivity (Wildman–Crippen MR) is 101 cm³/mol. The zero-order valence-electron chi connectivity index (χ0n) is 17.0. The lowest BCUT2D eigenvalue weighted by Crippen LogP contribution is -2.59. The van der Waals surface area contributed by atoms with Crippen LogP contribution in [0.3, 0.4) is 0 Å². The first-order valence-electron chi connectivity index (χ1n) is 10.1. The fourth-order valence-electron chi connectivity index (χ4n) is 4.54. The number of aliphatic hydroxyl groups excluding tert-OH is 4. The van der Waals surface area contributed by atoms with E-state index < -0.39 is 43.3 Å². The normalized spacial score (nSPS) is 42.0. The number of carbonyl (C=O) groups excluding carboxylic acids is 2. The Labute approximate surface area is 169 Å². The Bertz CT molecular complexity index is 739. The van der Waals surface area contributed by atoms with Crippen LogP contribution in [0.2, 0.25) is 0 Å². The quantitative estimate of drug-likeness (QED) is 0.387. The number of carbonyl (C=O) groups is 2. The van der Waals surface area contributed by atoms with Crippen molar-refractivity contribution < 1.29 is 39.5 Å². The highest BCUT2D eigenvalue weighted by molar-refractivity contribution is 6.10. The molecular formula is C21H30O8. The Morgan fingerprint density at radius 2 is 1.97 bits per heavy atom. The fourth-order valence-corrected chi connectivity index (χ4v) is 4.54. The molecule has 3 aliphatic rings. The van der Waals surface area contributed by atoms with Crippen molar-refractivity contribution in [1.82, 2.24) is 0 Å². The zero-order chi connectivity index (χ0) is 21.5. The number of esters is 1. The van der Waals surface area contributed by atoms with E-state index in [4.69, 9.17) is 9.47 Å². The maximum absolute atomic E-state index is 12.7. The van der Waals surface area contributed by atoms with Crippen LogP contribution in [-0.4, -0.2) is 69.5 Å². The van der Waals surface area contributed by atoms with E-state index in [0.717, 1.165) is 24.8 Å². The molecule has 0 radical (unpaired) electrons. The smallest absolute Gasteiger partial charge is 0.336 e. The first-order valence-corrected chi connectivity index (χ1v) is 10.1. The average Bonchev–Trinajstić information content (AvgIpc) is 2.69. The van der Waals surface area contributed by atoms with Gasteiger partial charge in [-0.25, -0.2) is 4.79 Å². The van der Waals surface area contributed by atoms with Crippen LogP contribution in [0.15, 0.2) is 22.8 Å². The summed E-state index contributed by atoms with van der Waals surface area (Å²) in [5, 5.41) is 39.0. The van der Waals surface area contributed by atoms with Gasteiger partial charge in [-0.1, -0.05) is 19.4 Å². The predicted octanol–water partition coefficient (Wildman–Crippen LogP) is 0.371. The molecule has 8 heteroatoms. The monoisotopic (exact) mass is 410 g/mol. The maximum Gasteiger partial charge on any atom is 0.336 e. The molecule has 8 nitrogen and oxygen atoms in total. The summed E-state index contributed by atoms with van der Waals surface area (Å²) in [4.78, 5) is 25.3. The molecule has 0 aromatic rings. The summed E-state index contributed by atoms with van der Waals surface area (Å²) in [6.07, 6.45) is -2.54. The third kappa shape index (κ3) is 3.92. The highest BCUT2D eigenvalue weighted by atomic mass is 16.7. The summed E-state index contributed by atoms with van der Waals surface area (Å²) in [6, 6.07) is 0. The van der Waals surface area contributed by atoms with Crippen molar-refractivity contribution >= 4 is 11.8 Å². The Morgan fingerprint density at radius 3 is 2.62 bits per heavy atom. The average molecular weight is 410 g/mol. The van der Waals surface area contributed by atoms with Gasteiger partial charge in [-0.3, -0.25) is 4.79 Å². The number of ether oxygens (including phenoxy) is 2. The topological polar surface area (TPSA) is 134 Å². The maximum atomic E-state index is 12.7. The van der Waals surface area contributed by atoms with Crippen LogP contribution in [0.25, 0.3) is 0 Å². The number of rotatable bonds is 3. The van der Waals surface area contributed by atoms with Gasteiger partial charge in [-0.2, -0.15) is 0 Å². The highest BCUT2D eigenvalue weighted by Crippen LogP contribution is 2.51. The van der Waals surface area contributed by atoms with Crippen molar-refractivity contribution in [2.45, 2.75) is 77.2 Å². The standard InChI is InChI=1S/C21H30O8/c1-10-5-4-6-12-7-14(23)13(8-21(10,12)3)11(2)19(27)29-20-18(26)17(25)16(24)15(9-22)28-20/h7,10,15-18,20,22,24-26H,4-6,8-9H2,1-3H3/t10-,15+,16+,17-,18+,20-,21+/m0/s1. The zero-order valence-corrected chi connectivity index (χ0v) is 17.0. The van der Waals surface area contributed by atoms with Gasteiger partial charge in [0.2, 0.25) is 6.29 Å². The molecule has 0 amide bonds. The van der Waals surface area contributed by atoms with Crippen molar-refractivity contribution in [3.8, 4) is 0 Å². The largest absolute Gasteiger partial charge is 0.429 e. The van der Waals surface area contributed by atoms with Crippen LogP contribution in [0.5, 0.6) is 0 Å². The van der Waals surface area contributed by atoms with Gasteiger partial charge >= 0.3 is 5.97 Å². The Kier molecular flexibility index (Phi) is 6.31. The number of ketones is 1. The lowest BCUT2D eigenvalue weighted by atomic mass is 9.59. The minimum atomic E-state index is -1.68. The van der Waals surface area contributed by atoms with E-state index in [9.17, 15) is 30.0 Å². The van der Waals surface area contributed by atoms with Gasteiger partial charge in [0.25, 0.3) is 0 Å². The SMILES string of the molecule is CC(C(=O)O[C@@H]1O[C@H](CO)[C@@H](O)[C@H](O)[C@H]1O)=C1C[C@@]2(C)C(=CC1=O)CCC[C@@H]2C. The van der Waals surface area contributed by atoms with Gasteiger partial charge in [-0.15, -0.1) is 0 Å². The van der Waals surface area contributed by atoms with E-state index in [1.165, 1.54) is 6.92 Å². The molecule has 1 saturated heterocycles. The molecule has 0 spiro atoms. The summed E-state index contributed by atoms with van der Waals surface area (Å²) in [5.74, 6) is -0.684. The summed E-state index contributed by atoms with van der Waals surface area (Å²) in [7, 11) is 0. The van der Waals surface area contributed by atoms with E-state index in [-0.39, 0.29) is 16.8 Å². The fraction of sp³-hybridized carbons (Fsp3) is 0.714. The third-order valence-corrected chi connectivity index (χ3v) is 6.88. The molecule has 0 aromatic heterocycles. The minimum Gasteiger partial charge on any atom is -0.429 e. The van der Waals surface area contributed by atoms with E-state index >= 15 is 0 Å². The van der Waals surface area contributed by atoms with Gasteiger partial charge in [0.1, 0.15) is 24.4 Å². The van der Waals surface area contributed by atoms with Crippen LogP contribution >= 0.6 is 0 Å². The number of hydrogen-bond donors (Lipinski definition) is 4. The lowest BCUT2D eigenvalue weighted by Gasteiger charge is -2.45. The Hall–Kier alpha value is -1.58. The number of hydrogen-bond acceptors (Lipinski definition) is 8. The molecule has 0 aromatic carbocycles. The van der Waals surface area contributed by atoms with E-state index in [1.54, 1.807) is 6.08 Å². The van der Waals surface area contributed by atoms with Crippen molar-refractivity contribution in [3.05, 3.63) is 22.8 Å². The number of aliphatic hydroxyl groups is 4. The van der Waals surface area contributed by atoms with Gasteiger partial charge in [-0.05, 0) is 50.0 Å². The van der Waals surface area contributed by atoms with Gasteiger partial charge in [0.15, 0.2) is 5.78 Å². The second kappa shape index (κ2) is 8.28. The molecule has 2 aliphatic carbocycles. The van der Waals surface area contributed by atoms with Crippen LogP contribution in [0.1, 0.15) is 46.5 Å². The summed E-state index contributed by atoms with van der Waals surface area (Å²) in [6.45, 7) is 5.14. The lowest BCUT2D eigenvalue weighted by molar-refractivity contribution is -0.291. The highest BCUT2D eigenvalue weighted by Gasteiger charge is 2.46. The molecule has 0 unspecified atom stereocenters. The van der Waals surface area contributed by atoms with Crippen LogP contribution in [0, 0.1) is 11.3 Å². The van der Waals surface area contributed by atoms with Gasteiger partial charge in [0, 0.05) is 11.1 Å². The van der Waals surface area contributed by atoms with Crippen LogP contribution < -0.4 is 0 Å².